The summed E-state index contributed by atoms with van der Waals surface area (Å²) >= 11 is 15.2. The lowest BCUT2D eigenvalue weighted by Gasteiger charge is -2.26. The van der Waals surface area contributed by atoms with Gasteiger partial charge in [0.15, 0.2) is 11.5 Å². The minimum Gasteiger partial charge on any atom is -0.453 e. The molecule has 6 aromatic rings. The maximum atomic E-state index is 7.68. The standard InChI is InChI=1S/C60H80Cl2O/c1-9-17-25-41(13-5)37-51-45-29-21-23-31-47(45)53(39-43(15-7)27-19-11-3)57-49(51)33-35-55(61)59(57)63-60-56(62)36-34-50-52(38-42(14-6)26-18-10-2)46-30-22-24-32-48(46)54(58(50)60)40-44(16-8)28-20-12-4/h21-24,29-36,41-44H,9-20,25-28,37-40H2,1-8H3. The van der Waals surface area contributed by atoms with E-state index in [9.17, 15) is 0 Å². The summed E-state index contributed by atoms with van der Waals surface area (Å²) in [5, 5.41) is 11.7. The first-order valence-electron chi connectivity index (χ1n) is 25.7. The first kappa shape index (κ1) is 49.2. The molecular formula is C60H80Cl2O. The van der Waals surface area contributed by atoms with Gasteiger partial charge in [0.05, 0.1) is 10.0 Å². The van der Waals surface area contributed by atoms with E-state index in [1.165, 1.54) is 155 Å². The number of hydrogen-bond acceptors (Lipinski definition) is 1. The van der Waals surface area contributed by atoms with Crippen LogP contribution in [0.5, 0.6) is 11.5 Å². The average Bonchev–Trinajstić information content (AvgIpc) is 3.31. The highest BCUT2D eigenvalue weighted by molar-refractivity contribution is 6.35. The van der Waals surface area contributed by atoms with E-state index >= 15 is 0 Å². The second kappa shape index (κ2) is 24.3. The van der Waals surface area contributed by atoms with E-state index in [0.717, 1.165) is 50.0 Å². The van der Waals surface area contributed by atoms with Crippen LogP contribution in [0.1, 0.15) is 180 Å². The second-order valence-corrected chi connectivity index (χ2v) is 20.0. The zero-order valence-electron chi connectivity index (χ0n) is 40.5. The summed E-state index contributed by atoms with van der Waals surface area (Å²) in [5.41, 5.74) is 5.63. The molecule has 0 aromatic heterocycles. The summed E-state index contributed by atoms with van der Waals surface area (Å²) in [5.74, 6) is 3.90. The molecule has 4 unspecified atom stereocenters. The van der Waals surface area contributed by atoms with Crippen LogP contribution in [0.4, 0.5) is 0 Å². The van der Waals surface area contributed by atoms with E-state index in [1.54, 1.807) is 0 Å². The van der Waals surface area contributed by atoms with Crippen molar-refractivity contribution in [2.24, 2.45) is 23.7 Å². The van der Waals surface area contributed by atoms with Crippen LogP contribution in [0.25, 0.3) is 43.1 Å². The molecule has 0 saturated carbocycles. The molecule has 340 valence electrons. The zero-order valence-corrected chi connectivity index (χ0v) is 42.1. The number of halogens is 2. The van der Waals surface area contributed by atoms with E-state index in [0.29, 0.717) is 33.7 Å². The molecule has 0 radical (unpaired) electrons. The molecule has 0 heterocycles. The van der Waals surface area contributed by atoms with Crippen LogP contribution in [0.2, 0.25) is 10.0 Å². The highest BCUT2D eigenvalue weighted by Crippen LogP contribution is 2.50. The highest BCUT2D eigenvalue weighted by Gasteiger charge is 2.27. The van der Waals surface area contributed by atoms with E-state index in [1.807, 2.05) is 0 Å². The molecule has 0 aliphatic rings. The van der Waals surface area contributed by atoms with Crippen molar-refractivity contribution >= 4 is 66.3 Å². The average molecular weight is 888 g/mol. The lowest BCUT2D eigenvalue weighted by molar-refractivity contribution is 0.448. The second-order valence-electron chi connectivity index (χ2n) is 19.2. The first-order valence-corrected chi connectivity index (χ1v) is 26.5. The molecule has 0 amide bonds. The van der Waals surface area contributed by atoms with Crippen molar-refractivity contribution in [2.45, 2.75) is 184 Å². The van der Waals surface area contributed by atoms with Gasteiger partial charge in [-0.05, 0) is 116 Å². The Morgan fingerprint density at radius 2 is 0.651 bits per heavy atom. The van der Waals surface area contributed by atoms with Crippen LogP contribution in [0.15, 0.2) is 72.8 Å². The van der Waals surface area contributed by atoms with Gasteiger partial charge >= 0.3 is 0 Å². The monoisotopic (exact) mass is 887 g/mol. The van der Waals surface area contributed by atoms with Gasteiger partial charge in [-0.1, -0.05) is 242 Å². The number of hydrogen-bond donors (Lipinski definition) is 0. The van der Waals surface area contributed by atoms with Crippen molar-refractivity contribution in [2.75, 3.05) is 0 Å². The van der Waals surface area contributed by atoms with Gasteiger partial charge in [-0.2, -0.15) is 0 Å². The summed E-state index contributed by atoms with van der Waals surface area (Å²) in [7, 11) is 0. The van der Waals surface area contributed by atoms with Crippen LogP contribution >= 0.6 is 23.2 Å². The lowest BCUT2D eigenvalue weighted by atomic mass is 9.81. The summed E-state index contributed by atoms with van der Waals surface area (Å²) in [6.07, 6.45) is 23.5. The Morgan fingerprint density at radius 3 is 0.937 bits per heavy atom. The maximum Gasteiger partial charge on any atom is 0.154 e. The maximum absolute atomic E-state index is 7.68. The minimum absolute atomic E-state index is 0.567. The minimum atomic E-state index is 0.567. The van der Waals surface area contributed by atoms with Gasteiger partial charge in [0, 0.05) is 10.8 Å². The van der Waals surface area contributed by atoms with Gasteiger partial charge < -0.3 is 4.74 Å². The number of unbranched alkanes of at least 4 members (excludes halogenated alkanes) is 4. The first-order chi connectivity index (χ1) is 30.8. The molecular weight excluding hydrogens is 808 g/mol. The molecule has 0 saturated heterocycles. The van der Waals surface area contributed by atoms with Gasteiger partial charge in [-0.3, -0.25) is 0 Å². The third-order valence-electron chi connectivity index (χ3n) is 15.0. The molecule has 6 aromatic carbocycles. The molecule has 4 atom stereocenters. The Hall–Kier alpha value is -3.26. The summed E-state index contributed by atoms with van der Waals surface area (Å²) in [6.45, 7) is 18.8. The van der Waals surface area contributed by atoms with Crippen molar-refractivity contribution in [3.05, 3.63) is 105 Å². The van der Waals surface area contributed by atoms with Gasteiger partial charge in [-0.25, -0.2) is 0 Å². The van der Waals surface area contributed by atoms with E-state index in [-0.39, 0.29) is 0 Å². The van der Waals surface area contributed by atoms with Crippen molar-refractivity contribution in [1.82, 2.24) is 0 Å². The van der Waals surface area contributed by atoms with E-state index < -0.39 is 0 Å². The molecule has 1 nitrogen and oxygen atoms in total. The van der Waals surface area contributed by atoms with Crippen LogP contribution in [-0.4, -0.2) is 0 Å². The molecule has 3 heteroatoms. The van der Waals surface area contributed by atoms with Gasteiger partial charge in [0.2, 0.25) is 0 Å². The SMILES string of the molecule is CCCCC(CC)Cc1c2ccccc2c(CC(CC)CCCC)c2c(Oc3c(Cl)ccc4c(CC(CC)CCCC)c5ccccc5c(CC(CC)CCCC)c34)c(Cl)ccc12. The van der Waals surface area contributed by atoms with Crippen molar-refractivity contribution in [3.8, 4) is 11.5 Å². The Kier molecular flexibility index (Phi) is 19.0. The number of fused-ring (bicyclic) bond motifs is 4. The van der Waals surface area contributed by atoms with Crippen molar-refractivity contribution in [3.63, 3.8) is 0 Å². The van der Waals surface area contributed by atoms with E-state index in [4.69, 9.17) is 27.9 Å². The quantitative estimate of drug-likeness (QED) is 0.0493. The van der Waals surface area contributed by atoms with Crippen LogP contribution < -0.4 is 4.74 Å². The largest absolute Gasteiger partial charge is 0.453 e. The molecule has 0 aliphatic heterocycles. The Labute approximate surface area is 393 Å². The Bertz CT molecular complexity index is 2220. The Balaban J connectivity index is 1.70. The summed E-state index contributed by atoms with van der Waals surface area (Å²) < 4.78 is 7.68. The molecule has 63 heavy (non-hydrogen) atoms. The molecule has 0 bridgehead atoms. The van der Waals surface area contributed by atoms with Crippen LogP contribution in [-0.2, 0) is 25.7 Å². The smallest absolute Gasteiger partial charge is 0.154 e. The fourth-order valence-electron chi connectivity index (χ4n) is 10.9. The number of rotatable bonds is 26. The van der Waals surface area contributed by atoms with Gasteiger partial charge in [-0.15, -0.1) is 0 Å². The number of benzene rings is 6. The molecule has 0 aliphatic carbocycles. The fraction of sp³-hybridized carbons (Fsp3) is 0.533. The molecule has 0 fully saturated rings. The predicted octanol–water partition coefficient (Wildman–Crippen LogP) is 20.4. The lowest BCUT2D eigenvalue weighted by Crippen LogP contribution is -2.10. The highest BCUT2D eigenvalue weighted by atomic mass is 35.5. The van der Waals surface area contributed by atoms with Crippen molar-refractivity contribution in [1.29, 1.82) is 0 Å². The molecule has 0 spiro atoms. The van der Waals surface area contributed by atoms with Crippen LogP contribution in [0.3, 0.4) is 0 Å². The third kappa shape index (κ3) is 11.4. The fourth-order valence-corrected chi connectivity index (χ4v) is 11.3. The third-order valence-corrected chi connectivity index (χ3v) is 15.6. The normalized spacial score (nSPS) is 13.9. The summed E-state index contributed by atoms with van der Waals surface area (Å²) in [4.78, 5) is 0. The van der Waals surface area contributed by atoms with Gasteiger partial charge in [0.1, 0.15) is 0 Å². The summed E-state index contributed by atoms with van der Waals surface area (Å²) in [6, 6.07) is 27.3. The molecule has 0 N–H and O–H groups in total. The number of ether oxygens (including phenoxy) is 1. The van der Waals surface area contributed by atoms with Crippen LogP contribution in [0, 0.1) is 23.7 Å². The zero-order chi connectivity index (χ0) is 44.9. The van der Waals surface area contributed by atoms with E-state index in [2.05, 4.69) is 128 Å². The van der Waals surface area contributed by atoms with Crippen molar-refractivity contribution < 1.29 is 4.74 Å². The topological polar surface area (TPSA) is 9.23 Å². The molecule has 6 rings (SSSR count). The van der Waals surface area contributed by atoms with Gasteiger partial charge in [0.25, 0.3) is 0 Å². The Morgan fingerprint density at radius 1 is 0.365 bits per heavy atom. The predicted molar refractivity (Wildman–Crippen MR) is 281 cm³/mol.